The zero-order chi connectivity index (χ0) is 12.3. The van der Waals surface area contributed by atoms with Crippen LogP contribution in [0.4, 0.5) is 0 Å². The average molecular weight is 279 g/mol. The second kappa shape index (κ2) is 11.8. The van der Waals surface area contributed by atoms with E-state index in [1.165, 1.54) is 32.1 Å². The van der Waals surface area contributed by atoms with E-state index in [-0.39, 0.29) is 18.3 Å². The van der Waals surface area contributed by atoms with Crippen LogP contribution < -0.4 is 10.6 Å². The topological polar surface area (TPSA) is 50.4 Å². The summed E-state index contributed by atoms with van der Waals surface area (Å²) < 4.78 is 4.88. The van der Waals surface area contributed by atoms with E-state index in [0.717, 1.165) is 25.4 Å². The minimum Gasteiger partial charge on any atom is -0.383 e. The lowest BCUT2D eigenvalue weighted by Crippen LogP contribution is -2.35. The van der Waals surface area contributed by atoms with Crippen LogP contribution in [0.25, 0.3) is 0 Å². The smallest absolute Gasteiger partial charge is 0.233 e. The molecule has 1 rings (SSSR count). The van der Waals surface area contributed by atoms with Crippen LogP contribution in [0.15, 0.2) is 0 Å². The first kappa shape index (κ1) is 17.7. The van der Waals surface area contributed by atoms with Crippen LogP contribution in [0.3, 0.4) is 0 Å². The van der Waals surface area contributed by atoms with Crippen molar-refractivity contribution < 1.29 is 9.53 Å². The highest BCUT2D eigenvalue weighted by Crippen LogP contribution is 2.28. The number of hydrogen-bond acceptors (Lipinski definition) is 3. The summed E-state index contributed by atoms with van der Waals surface area (Å²) in [6.07, 6.45) is 7.99. The van der Waals surface area contributed by atoms with Crippen molar-refractivity contribution in [2.24, 2.45) is 5.92 Å². The van der Waals surface area contributed by atoms with Crippen molar-refractivity contribution in [2.45, 2.75) is 38.5 Å². The summed E-state index contributed by atoms with van der Waals surface area (Å²) in [5, 5.41) is 5.97. The fourth-order valence-electron chi connectivity index (χ4n) is 2.36. The molecule has 0 aromatic carbocycles. The van der Waals surface area contributed by atoms with Crippen LogP contribution in [-0.4, -0.2) is 39.3 Å². The molecule has 0 bridgehead atoms. The van der Waals surface area contributed by atoms with Crippen LogP contribution in [0.5, 0.6) is 0 Å². The van der Waals surface area contributed by atoms with Crippen LogP contribution in [0.2, 0.25) is 0 Å². The van der Waals surface area contributed by atoms with Crippen LogP contribution in [0, 0.1) is 5.92 Å². The fraction of sp³-hybridized carbons (Fsp3) is 0.923. The summed E-state index contributed by atoms with van der Waals surface area (Å²) in [6.45, 7) is 2.59. The molecule has 0 saturated heterocycles. The van der Waals surface area contributed by atoms with E-state index in [9.17, 15) is 4.79 Å². The molecule has 0 unspecified atom stereocenters. The number of ether oxygens (including phenoxy) is 1. The predicted octanol–water partition coefficient (Wildman–Crippen LogP) is 1.73. The van der Waals surface area contributed by atoms with Gasteiger partial charge in [-0.15, -0.1) is 12.4 Å². The third-order valence-electron chi connectivity index (χ3n) is 3.35. The van der Waals surface area contributed by atoms with Crippen molar-refractivity contribution in [1.82, 2.24) is 10.6 Å². The Morgan fingerprint density at radius 3 is 2.67 bits per heavy atom. The average Bonchev–Trinajstić information content (AvgIpc) is 2.83. The molecule has 5 heteroatoms. The van der Waals surface area contributed by atoms with Gasteiger partial charge >= 0.3 is 0 Å². The molecular weight excluding hydrogens is 252 g/mol. The molecule has 18 heavy (non-hydrogen) atoms. The summed E-state index contributed by atoms with van der Waals surface area (Å²) in [5.41, 5.74) is 0. The first-order chi connectivity index (χ1) is 8.33. The van der Waals surface area contributed by atoms with Gasteiger partial charge in [-0.1, -0.05) is 25.7 Å². The number of amides is 1. The van der Waals surface area contributed by atoms with Gasteiger partial charge in [0.1, 0.15) is 0 Å². The molecule has 1 amide bonds. The van der Waals surface area contributed by atoms with E-state index in [4.69, 9.17) is 4.74 Å². The Hall–Kier alpha value is -0.320. The van der Waals surface area contributed by atoms with Gasteiger partial charge in [0.05, 0.1) is 13.2 Å². The van der Waals surface area contributed by atoms with Crippen molar-refractivity contribution in [3.05, 3.63) is 0 Å². The zero-order valence-corrected chi connectivity index (χ0v) is 12.2. The molecule has 0 radical (unpaired) electrons. The van der Waals surface area contributed by atoms with Gasteiger partial charge in [-0.3, -0.25) is 4.79 Å². The molecule has 1 fully saturated rings. The van der Waals surface area contributed by atoms with Crippen molar-refractivity contribution in [1.29, 1.82) is 0 Å². The Morgan fingerprint density at radius 1 is 1.28 bits per heavy atom. The minimum absolute atomic E-state index is 0. The number of carbonyl (C=O) groups is 1. The number of nitrogens with one attached hydrogen (secondary N) is 2. The van der Waals surface area contributed by atoms with Gasteiger partial charge in [-0.05, 0) is 18.8 Å². The molecule has 0 aliphatic heterocycles. The van der Waals surface area contributed by atoms with E-state index in [2.05, 4.69) is 10.6 Å². The van der Waals surface area contributed by atoms with Gasteiger partial charge in [0.25, 0.3) is 0 Å². The molecule has 0 aromatic rings. The summed E-state index contributed by atoms with van der Waals surface area (Å²) in [4.78, 5) is 11.4. The maximum absolute atomic E-state index is 11.4. The van der Waals surface area contributed by atoms with Crippen molar-refractivity contribution in [2.75, 3.05) is 33.4 Å². The lowest BCUT2D eigenvalue weighted by Gasteiger charge is -2.09. The lowest BCUT2D eigenvalue weighted by molar-refractivity contribution is -0.120. The number of carbonyl (C=O) groups excluding carboxylic acids is 1. The van der Waals surface area contributed by atoms with Gasteiger partial charge in [0.15, 0.2) is 0 Å². The van der Waals surface area contributed by atoms with Crippen molar-refractivity contribution >= 4 is 18.3 Å². The molecule has 2 N–H and O–H groups in total. The molecule has 0 spiro atoms. The van der Waals surface area contributed by atoms with E-state index in [1.807, 2.05) is 0 Å². The summed E-state index contributed by atoms with van der Waals surface area (Å²) in [6, 6.07) is 0. The Kier molecular flexibility index (Phi) is 11.5. The second-order valence-electron chi connectivity index (χ2n) is 4.81. The summed E-state index contributed by atoms with van der Waals surface area (Å²) in [7, 11) is 1.66. The molecule has 0 heterocycles. The number of rotatable bonds is 9. The maximum Gasteiger partial charge on any atom is 0.233 e. The highest BCUT2D eigenvalue weighted by Gasteiger charge is 2.13. The largest absolute Gasteiger partial charge is 0.383 e. The van der Waals surface area contributed by atoms with Gasteiger partial charge in [0, 0.05) is 20.2 Å². The molecule has 108 valence electrons. The predicted molar refractivity (Wildman–Crippen MR) is 76.2 cm³/mol. The molecular formula is C13H27ClN2O2. The monoisotopic (exact) mass is 278 g/mol. The van der Waals surface area contributed by atoms with E-state index in [1.54, 1.807) is 7.11 Å². The Balaban J connectivity index is 0.00000289. The van der Waals surface area contributed by atoms with Crippen LogP contribution in [0.1, 0.15) is 38.5 Å². The Bertz CT molecular complexity index is 209. The molecule has 0 atom stereocenters. The molecule has 1 saturated carbocycles. The highest BCUT2D eigenvalue weighted by molar-refractivity contribution is 5.85. The van der Waals surface area contributed by atoms with E-state index in [0.29, 0.717) is 13.2 Å². The lowest BCUT2D eigenvalue weighted by atomic mass is 10.0. The number of hydrogen-bond donors (Lipinski definition) is 2. The molecule has 1 aliphatic rings. The SMILES string of the molecule is COCCNCC(=O)NCCCC1CCCC1.Cl. The van der Waals surface area contributed by atoms with E-state index < -0.39 is 0 Å². The first-order valence-corrected chi connectivity index (χ1v) is 6.79. The molecule has 0 aromatic heterocycles. The summed E-state index contributed by atoms with van der Waals surface area (Å²) >= 11 is 0. The van der Waals surface area contributed by atoms with Crippen LogP contribution in [-0.2, 0) is 9.53 Å². The third-order valence-corrected chi connectivity index (χ3v) is 3.35. The van der Waals surface area contributed by atoms with Gasteiger partial charge in [-0.25, -0.2) is 0 Å². The van der Waals surface area contributed by atoms with Gasteiger partial charge < -0.3 is 15.4 Å². The number of methoxy groups -OCH3 is 1. The molecule has 1 aliphatic carbocycles. The first-order valence-electron chi connectivity index (χ1n) is 6.79. The molecule has 4 nitrogen and oxygen atoms in total. The second-order valence-corrected chi connectivity index (χ2v) is 4.81. The van der Waals surface area contributed by atoms with Crippen molar-refractivity contribution in [3.8, 4) is 0 Å². The highest BCUT2D eigenvalue weighted by atomic mass is 35.5. The van der Waals surface area contributed by atoms with Gasteiger partial charge in [0.2, 0.25) is 5.91 Å². The van der Waals surface area contributed by atoms with Crippen molar-refractivity contribution in [3.63, 3.8) is 0 Å². The standard InChI is InChI=1S/C13H26N2O2.ClH/c1-17-10-9-14-11-13(16)15-8-4-7-12-5-2-3-6-12;/h12,14H,2-11H2,1H3,(H,15,16);1H. The Labute approximate surface area is 117 Å². The Morgan fingerprint density at radius 2 is 2.00 bits per heavy atom. The zero-order valence-electron chi connectivity index (χ0n) is 11.4. The summed E-state index contributed by atoms with van der Waals surface area (Å²) in [5.74, 6) is 1.01. The normalized spacial score (nSPS) is 15.4. The van der Waals surface area contributed by atoms with Crippen LogP contribution >= 0.6 is 12.4 Å². The van der Waals surface area contributed by atoms with E-state index >= 15 is 0 Å². The number of halogens is 1. The fourth-order valence-corrected chi connectivity index (χ4v) is 2.36. The quantitative estimate of drug-likeness (QED) is 0.632. The minimum atomic E-state index is 0. The van der Waals surface area contributed by atoms with Gasteiger partial charge in [-0.2, -0.15) is 0 Å². The third kappa shape index (κ3) is 8.72. The maximum atomic E-state index is 11.4.